The van der Waals surface area contributed by atoms with E-state index in [4.69, 9.17) is 4.74 Å². The van der Waals surface area contributed by atoms with Crippen molar-refractivity contribution in [2.45, 2.75) is 57.7 Å². The second-order valence-electron chi connectivity index (χ2n) is 10.0. The fourth-order valence-electron chi connectivity index (χ4n) is 5.19. The van der Waals surface area contributed by atoms with Crippen LogP contribution in [0.4, 0.5) is 18.0 Å². The number of nitrogens with zero attached hydrogens (tertiary/aromatic N) is 4. The molecule has 40 heavy (non-hydrogen) atoms. The molecule has 12 heteroatoms. The van der Waals surface area contributed by atoms with Gasteiger partial charge in [-0.05, 0) is 41.8 Å². The van der Waals surface area contributed by atoms with Gasteiger partial charge in [0.25, 0.3) is 0 Å². The van der Waals surface area contributed by atoms with E-state index in [1.807, 2.05) is 19.1 Å². The quantitative estimate of drug-likeness (QED) is 0.530. The maximum absolute atomic E-state index is 13.6. The highest BCUT2D eigenvalue weighted by molar-refractivity contribution is 5.91. The van der Waals surface area contributed by atoms with E-state index in [1.54, 1.807) is 26.3 Å². The van der Waals surface area contributed by atoms with Crippen molar-refractivity contribution in [3.63, 3.8) is 0 Å². The van der Waals surface area contributed by atoms with Crippen LogP contribution < -0.4 is 10.1 Å². The number of hydrogen-bond acceptors (Lipinski definition) is 5. The summed E-state index contributed by atoms with van der Waals surface area (Å²) in [6, 6.07) is 10.8. The predicted octanol–water partition coefficient (Wildman–Crippen LogP) is 3.84. The number of nitrogens with one attached hydrogen (secondary N) is 1. The summed E-state index contributed by atoms with van der Waals surface area (Å²) >= 11 is 0. The number of urea groups is 1. The third-order valence-corrected chi connectivity index (χ3v) is 7.21. The summed E-state index contributed by atoms with van der Waals surface area (Å²) in [6.45, 7) is 1.99. The number of fused-ring (bicyclic) bond motifs is 1. The van der Waals surface area contributed by atoms with Crippen molar-refractivity contribution in [1.29, 1.82) is 0 Å². The second-order valence-corrected chi connectivity index (χ2v) is 10.0. The van der Waals surface area contributed by atoms with Gasteiger partial charge in [-0.2, -0.15) is 13.2 Å². The van der Waals surface area contributed by atoms with Crippen molar-refractivity contribution in [2.75, 3.05) is 27.2 Å². The van der Waals surface area contributed by atoms with Crippen LogP contribution in [0.25, 0.3) is 0 Å². The van der Waals surface area contributed by atoms with Crippen LogP contribution in [0.1, 0.15) is 42.9 Å². The highest BCUT2D eigenvalue weighted by atomic mass is 19.4. The molecular weight excluding hydrogens is 527 g/mol. The zero-order chi connectivity index (χ0) is 29.0. The molecule has 2 atom stereocenters. The molecule has 0 saturated carbocycles. The monoisotopic (exact) mass is 561 g/mol. The number of methoxy groups -OCH3 is 1. The Morgan fingerprint density at radius 3 is 2.48 bits per heavy atom. The van der Waals surface area contributed by atoms with Gasteiger partial charge in [0.1, 0.15) is 18.0 Å². The topological polar surface area (TPSA) is 85.4 Å². The van der Waals surface area contributed by atoms with Gasteiger partial charge in [0, 0.05) is 20.1 Å². The van der Waals surface area contributed by atoms with Gasteiger partial charge in [0.15, 0.2) is 0 Å². The molecule has 0 spiro atoms. The van der Waals surface area contributed by atoms with Crippen molar-refractivity contribution in [3.8, 4) is 5.75 Å². The number of likely N-dealkylation sites (N-methyl/N-ethyl adjacent to an activating group) is 1. The first-order valence-corrected chi connectivity index (χ1v) is 13.2. The lowest BCUT2D eigenvalue weighted by molar-refractivity contribution is -0.188. The lowest BCUT2D eigenvalue weighted by atomic mass is 10.00. The Morgan fingerprint density at radius 1 is 1.10 bits per heavy atom. The van der Waals surface area contributed by atoms with Gasteiger partial charge < -0.3 is 19.9 Å². The normalized spacial score (nSPS) is 20.0. The van der Waals surface area contributed by atoms with Gasteiger partial charge in [0.2, 0.25) is 11.8 Å². The molecule has 0 unspecified atom stereocenters. The highest BCUT2D eigenvalue weighted by Gasteiger charge is 2.50. The first-order chi connectivity index (χ1) is 19.0. The first kappa shape index (κ1) is 29.2. The van der Waals surface area contributed by atoms with Gasteiger partial charge >= 0.3 is 12.2 Å². The molecule has 216 valence electrons. The number of halogens is 3. The summed E-state index contributed by atoms with van der Waals surface area (Å²) < 4.78 is 45.1. The summed E-state index contributed by atoms with van der Waals surface area (Å²) in [4.78, 5) is 43.2. The minimum Gasteiger partial charge on any atom is -0.497 e. The Labute approximate surface area is 231 Å². The van der Waals surface area contributed by atoms with Crippen molar-refractivity contribution in [3.05, 3.63) is 65.2 Å². The minimum atomic E-state index is -4.51. The zero-order valence-electron chi connectivity index (χ0n) is 22.8. The van der Waals surface area contributed by atoms with E-state index in [0.29, 0.717) is 24.2 Å². The number of carbonyl (C=O) groups excluding carboxylic acids is 3. The fourth-order valence-corrected chi connectivity index (χ4v) is 5.19. The predicted molar refractivity (Wildman–Crippen MR) is 141 cm³/mol. The standard InChI is InChI=1S/C28H34F3N5O4/c1-4-5-9-23-26(38)34(16-20-7-6-8-21(14-20)28(29,30)31)17-24-35(23)25(37)18-33(2)36(24)27(39)32-15-19-10-12-22(40-3)13-11-19/h6-8,10-14,23-24H,4-5,9,15-18H2,1-3H3,(H,32,39)/t23-,24-/m0/s1. The largest absolute Gasteiger partial charge is 0.497 e. The van der Waals surface area contributed by atoms with E-state index in [-0.39, 0.29) is 38.0 Å². The van der Waals surface area contributed by atoms with Crippen molar-refractivity contribution in [2.24, 2.45) is 0 Å². The van der Waals surface area contributed by atoms with Crippen molar-refractivity contribution >= 4 is 17.8 Å². The third-order valence-electron chi connectivity index (χ3n) is 7.21. The van der Waals surface area contributed by atoms with Crippen LogP contribution in [0.15, 0.2) is 48.5 Å². The number of hydrogen-bond donors (Lipinski definition) is 1. The summed E-state index contributed by atoms with van der Waals surface area (Å²) in [5.41, 5.74) is 0.357. The molecule has 2 aliphatic rings. The number of ether oxygens (including phenoxy) is 1. The molecule has 2 heterocycles. The Bertz CT molecular complexity index is 1220. The number of alkyl halides is 3. The Kier molecular flexibility index (Phi) is 8.87. The lowest BCUT2D eigenvalue weighted by Gasteiger charge is -2.54. The molecule has 2 saturated heterocycles. The number of unbranched alkanes of at least 4 members (excludes halogenated alkanes) is 1. The molecule has 0 aromatic heterocycles. The summed E-state index contributed by atoms with van der Waals surface area (Å²) in [5, 5.41) is 5.82. The lowest BCUT2D eigenvalue weighted by Crippen LogP contribution is -2.75. The first-order valence-electron chi connectivity index (χ1n) is 13.2. The van der Waals surface area contributed by atoms with Gasteiger partial charge in [-0.3, -0.25) is 9.59 Å². The molecule has 9 nitrogen and oxygen atoms in total. The third kappa shape index (κ3) is 6.33. The molecular formula is C28H34F3N5O4. The summed E-state index contributed by atoms with van der Waals surface area (Å²) in [7, 11) is 3.19. The molecule has 0 bridgehead atoms. The zero-order valence-corrected chi connectivity index (χ0v) is 22.8. The Balaban J connectivity index is 1.59. The average Bonchev–Trinajstić information content (AvgIpc) is 2.92. The van der Waals surface area contributed by atoms with Gasteiger partial charge in [-0.25, -0.2) is 14.8 Å². The average molecular weight is 562 g/mol. The molecule has 0 aliphatic carbocycles. The second kappa shape index (κ2) is 12.2. The highest BCUT2D eigenvalue weighted by Crippen LogP contribution is 2.32. The summed E-state index contributed by atoms with van der Waals surface area (Å²) in [5.74, 6) is 0.0735. The van der Waals surface area contributed by atoms with Gasteiger partial charge in [-0.1, -0.05) is 44.0 Å². The van der Waals surface area contributed by atoms with Gasteiger partial charge in [-0.15, -0.1) is 0 Å². The van der Waals surface area contributed by atoms with Crippen LogP contribution in [0.2, 0.25) is 0 Å². The number of rotatable bonds is 8. The maximum atomic E-state index is 13.6. The van der Waals surface area contributed by atoms with E-state index < -0.39 is 30.0 Å². The molecule has 2 fully saturated rings. The number of piperazine rings is 1. The van der Waals surface area contributed by atoms with E-state index in [1.165, 1.54) is 32.0 Å². The maximum Gasteiger partial charge on any atom is 0.416 e. The van der Waals surface area contributed by atoms with Crippen LogP contribution >= 0.6 is 0 Å². The van der Waals surface area contributed by atoms with E-state index in [0.717, 1.165) is 24.1 Å². The number of carbonyl (C=O) groups is 3. The molecule has 2 aliphatic heterocycles. The Hall–Kier alpha value is -3.80. The molecule has 2 aromatic rings. The van der Waals surface area contributed by atoms with E-state index >= 15 is 0 Å². The molecule has 0 radical (unpaired) electrons. The van der Waals surface area contributed by atoms with Crippen LogP contribution in [-0.4, -0.2) is 77.1 Å². The smallest absolute Gasteiger partial charge is 0.416 e. The van der Waals surface area contributed by atoms with E-state index in [2.05, 4.69) is 5.32 Å². The summed E-state index contributed by atoms with van der Waals surface area (Å²) in [6.07, 6.45) is -3.48. The molecule has 1 N–H and O–H groups in total. The fraction of sp³-hybridized carbons (Fsp3) is 0.464. The number of hydrazine groups is 1. The Morgan fingerprint density at radius 2 is 1.82 bits per heavy atom. The van der Waals surface area contributed by atoms with Crippen LogP contribution in [0.3, 0.4) is 0 Å². The SMILES string of the molecule is CCCC[C@H]1C(=O)N(Cc2cccc(C(F)(F)F)c2)C[C@H]2N1C(=O)CN(C)N2C(=O)NCc1ccc(OC)cc1. The molecule has 4 amide bonds. The van der Waals surface area contributed by atoms with Crippen LogP contribution in [0, 0.1) is 0 Å². The molecule has 4 rings (SSSR count). The van der Waals surface area contributed by atoms with Crippen molar-refractivity contribution < 1.29 is 32.3 Å². The van der Waals surface area contributed by atoms with Crippen LogP contribution in [0.5, 0.6) is 5.75 Å². The van der Waals surface area contributed by atoms with Crippen molar-refractivity contribution in [1.82, 2.24) is 25.1 Å². The number of amides is 4. The molecule has 2 aromatic carbocycles. The van der Waals surface area contributed by atoms with Crippen LogP contribution in [-0.2, 0) is 28.9 Å². The minimum absolute atomic E-state index is 0.0380. The van der Waals surface area contributed by atoms with Gasteiger partial charge in [0.05, 0.1) is 25.8 Å². The van der Waals surface area contributed by atoms with E-state index in [9.17, 15) is 27.6 Å². The number of benzene rings is 2.